The maximum Gasteiger partial charge on any atom is 0.305 e. The van der Waals surface area contributed by atoms with Gasteiger partial charge in [0.1, 0.15) is 5.78 Å². The number of ketones is 1. The Labute approximate surface area is 139 Å². The van der Waals surface area contributed by atoms with E-state index in [1.165, 1.54) is 18.9 Å². The van der Waals surface area contributed by atoms with Crippen molar-refractivity contribution in [2.75, 3.05) is 12.9 Å². The van der Waals surface area contributed by atoms with Gasteiger partial charge in [0, 0.05) is 6.42 Å². The second kappa shape index (κ2) is 8.47. The SMILES string of the molecule is COC(=O)CCC(=O)CSC1=NC(C)C(c2ccccc2)=NN1. The predicted octanol–water partition coefficient (Wildman–Crippen LogP) is 1.99. The molecule has 122 valence electrons. The third kappa shape index (κ3) is 5.21. The number of hydrazone groups is 1. The fraction of sp³-hybridized carbons (Fsp3) is 0.375. The number of aliphatic imine (C=N–C) groups is 1. The minimum Gasteiger partial charge on any atom is -0.469 e. The van der Waals surface area contributed by atoms with Gasteiger partial charge in [0.25, 0.3) is 0 Å². The third-order valence-electron chi connectivity index (χ3n) is 3.25. The van der Waals surface area contributed by atoms with Crippen molar-refractivity contribution in [1.82, 2.24) is 5.43 Å². The van der Waals surface area contributed by atoms with Crippen LogP contribution in [0.15, 0.2) is 40.4 Å². The van der Waals surface area contributed by atoms with Crippen LogP contribution in [0.5, 0.6) is 0 Å². The van der Waals surface area contributed by atoms with Crippen LogP contribution in [0.25, 0.3) is 0 Å². The van der Waals surface area contributed by atoms with E-state index in [2.05, 4.69) is 20.3 Å². The Morgan fingerprint density at radius 2 is 2.00 bits per heavy atom. The first-order valence-electron chi connectivity index (χ1n) is 7.28. The Morgan fingerprint density at radius 1 is 1.26 bits per heavy atom. The Kier molecular flexibility index (Phi) is 6.34. The van der Waals surface area contributed by atoms with Gasteiger partial charge in [-0.1, -0.05) is 42.1 Å². The summed E-state index contributed by atoms with van der Waals surface area (Å²) in [5.74, 6) is -0.135. The van der Waals surface area contributed by atoms with Crippen molar-refractivity contribution < 1.29 is 14.3 Å². The zero-order valence-corrected chi connectivity index (χ0v) is 13.9. The van der Waals surface area contributed by atoms with Crippen LogP contribution in [0.1, 0.15) is 25.3 Å². The molecular formula is C16H19N3O3S. The average Bonchev–Trinajstić information content (AvgIpc) is 2.58. The molecule has 2 rings (SSSR count). The number of amidine groups is 1. The van der Waals surface area contributed by atoms with Gasteiger partial charge >= 0.3 is 5.97 Å². The molecule has 0 bridgehead atoms. The van der Waals surface area contributed by atoms with Gasteiger partial charge < -0.3 is 4.74 Å². The van der Waals surface area contributed by atoms with Crippen molar-refractivity contribution >= 4 is 34.4 Å². The lowest BCUT2D eigenvalue weighted by molar-refractivity contribution is -0.141. The second-order valence-electron chi connectivity index (χ2n) is 4.99. The molecule has 1 aromatic rings. The van der Waals surface area contributed by atoms with Crippen molar-refractivity contribution in [1.29, 1.82) is 0 Å². The van der Waals surface area contributed by atoms with E-state index in [0.29, 0.717) is 5.17 Å². The van der Waals surface area contributed by atoms with Crippen molar-refractivity contribution in [3.05, 3.63) is 35.9 Å². The molecule has 0 aliphatic carbocycles. The molecule has 1 aromatic carbocycles. The number of ether oxygens (including phenoxy) is 1. The van der Waals surface area contributed by atoms with Crippen LogP contribution < -0.4 is 5.43 Å². The van der Waals surface area contributed by atoms with Crippen molar-refractivity contribution in [2.24, 2.45) is 10.1 Å². The lowest BCUT2D eigenvalue weighted by Crippen LogP contribution is -2.31. The standard InChI is InChI=1S/C16H19N3O3S/c1-11-15(12-6-4-3-5-7-12)18-19-16(17-11)23-10-13(20)8-9-14(21)22-2/h3-7,11H,8-10H2,1-2H3,(H,17,19). The zero-order valence-electron chi connectivity index (χ0n) is 13.1. The van der Waals surface area contributed by atoms with Gasteiger partial charge in [0.2, 0.25) is 0 Å². The lowest BCUT2D eigenvalue weighted by Gasteiger charge is -2.18. The lowest BCUT2D eigenvalue weighted by atomic mass is 10.1. The summed E-state index contributed by atoms with van der Waals surface area (Å²) in [6, 6.07) is 9.76. The van der Waals surface area contributed by atoms with E-state index >= 15 is 0 Å². The molecule has 1 atom stereocenters. The molecule has 7 heteroatoms. The van der Waals surface area contributed by atoms with E-state index in [-0.39, 0.29) is 36.4 Å². The Morgan fingerprint density at radius 3 is 2.65 bits per heavy atom. The second-order valence-corrected chi connectivity index (χ2v) is 5.95. The number of esters is 1. The molecule has 6 nitrogen and oxygen atoms in total. The fourth-order valence-corrected chi connectivity index (χ4v) is 2.80. The molecule has 1 heterocycles. The Balaban J connectivity index is 1.83. The van der Waals surface area contributed by atoms with Crippen LogP contribution in [0.4, 0.5) is 0 Å². The topological polar surface area (TPSA) is 80.1 Å². The summed E-state index contributed by atoms with van der Waals surface area (Å²) >= 11 is 1.30. The molecule has 0 radical (unpaired) electrons. The number of rotatable bonds is 6. The number of benzene rings is 1. The molecule has 0 saturated heterocycles. The molecule has 23 heavy (non-hydrogen) atoms. The van der Waals surface area contributed by atoms with E-state index in [1.54, 1.807) is 0 Å². The molecule has 1 N–H and O–H groups in total. The highest BCUT2D eigenvalue weighted by Gasteiger charge is 2.18. The third-order valence-corrected chi connectivity index (χ3v) is 4.19. The summed E-state index contributed by atoms with van der Waals surface area (Å²) in [5.41, 5.74) is 4.78. The number of hydrogen-bond acceptors (Lipinski definition) is 7. The van der Waals surface area contributed by atoms with E-state index in [1.807, 2.05) is 37.3 Å². The van der Waals surface area contributed by atoms with Gasteiger partial charge in [0.15, 0.2) is 5.17 Å². The molecule has 1 aliphatic heterocycles. The molecule has 0 spiro atoms. The van der Waals surface area contributed by atoms with Crippen molar-refractivity contribution in [3.63, 3.8) is 0 Å². The minimum atomic E-state index is -0.373. The fourth-order valence-electron chi connectivity index (χ4n) is 2.02. The monoisotopic (exact) mass is 333 g/mol. The highest BCUT2D eigenvalue weighted by Crippen LogP contribution is 2.14. The van der Waals surface area contributed by atoms with Gasteiger partial charge in [-0.3, -0.25) is 20.0 Å². The molecule has 0 amide bonds. The first-order valence-corrected chi connectivity index (χ1v) is 8.27. The molecule has 0 fully saturated rings. The minimum absolute atomic E-state index is 0.0182. The highest BCUT2D eigenvalue weighted by molar-refractivity contribution is 8.14. The number of Topliss-reactive ketones (excluding diaryl/α,β-unsaturated/α-hetero) is 1. The Hall–Kier alpha value is -2.15. The van der Waals surface area contributed by atoms with Crippen LogP contribution >= 0.6 is 11.8 Å². The van der Waals surface area contributed by atoms with Crippen molar-refractivity contribution in [2.45, 2.75) is 25.8 Å². The van der Waals surface area contributed by atoms with Crippen molar-refractivity contribution in [3.8, 4) is 0 Å². The number of thioether (sulfide) groups is 1. The summed E-state index contributed by atoms with van der Waals surface area (Å²) in [4.78, 5) is 27.2. The number of hydrogen-bond donors (Lipinski definition) is 1. The Bertz CT molecular complexity index is 629. The van der Waals surface area contributed by atoms with Crippen LogP contribution in [0, 0.1) is 0 Å². The highest BCUT2D eigenvalue weighted by atomic mass is 32.2. The van der Waals surface area contributed by atoms with Crippen LogP contribution in [-0.2, 0) is 14.3 Å². The van der Waals surface area contributed by atoms with Gasteiger partial charge in [0.05, 0.1) is 31.0 Å². The van der Waals surface area contributed by atoms with E-state index in [9.17, 15) is 9.59 Å². The quantitative estimate of drug-likeness (QED) is 0.805. The average molecular weight is 333 g/mol. The largest absolute Gasteiger partial charge is 0.469 e. The molecular weight excluding hydrogens is 314 g/mol. The molecule has 0 saturated carbocycles. The maximum atomic E-state index is 11.7. The maximum absolute atomic E-state index is 11.7. The summed E-state index contributed by atoms with van der Waals surface area (Å²) in [5, 5.41) is 4.97. The number of methoxy groups -OCH3 is 1. The van der Waals surface area contributed by atoms with Crippen LogP contribution in [0.3, 0.4) is 0 Å². The first-order chi connectivity index (χ1) is 11.1. The molecule has 1 aliphatic rings. The predicted molar refractivity (Wildman–Crippen MR) is 91.7 cm³/mol. The number of nitrogens with one attached hydrogen (secondary N) is 1. The van der Waals surface area contributed by atoms with Gasteiger partial charge in [-0.25, -0.2) is 0 Å². The normalized spacial score (nSPS) is 16.9. The smallest absolute Gasteiger partial charge is 0.305 e. The summed E-state index contributed by atoms with van der Waals surface area (Å²) in [7, 11) is 1.31. The number of nitrogens with zero attached hydrogens (tertiary/aromatic N) is 2. The van der Waals surface area contributed by atoms with Crippen LogP contribution in [-0.4, -0.2) is 41.5 Å². The van der Waals surface area contributed by atoms with E-state index in [0.717, 1.165) is 11.3 Å². The number of carbonyl (C=O) groups is 2. The first kappa shape index (κ1) is 17.2. The molecule has 1 unspecified atom stereocenters. The van der Waals surface area contributed by atoms with Gasteiger partial charge in [-0.05, 0) is 12.5 Å². The molecule has 0 aromatic heterocycles. The number of carbonyl (C=O) groups excluding carboxylic acids is 2. The summed E-state index contributed by atoms with van der Waals surface area (Å²) < 4.78 is 4.51. The van der Waals surface area contributed by atoms with E-state index in [4.69, 9.17) is 0 Å². The zero-order chi connectivity index (χ0) is 16.7. The van der Waals surface area contributed by atoms with Crippen LogP contribution in [0.2, 0.25) is 0 Å². The summed E-state index contributed by atoms with van der Waals surface area (Å²) in [6.07, 6.45) is 0.295. The van der Waals surface area contributed by atoms with Gasteiger partial charge in [-0.15, -0.1) is 0 Å². The van der Waals surface area contributed by atoms with Gasteiger partial charge in [-0.2, -0.15) is 5.10 Å². The van der Waals surface area contributed by atoms with E-state index < -0.39 is 0 Å². The summed E-state index contributed by atoms with van der Waals surface area (Å²) in [6.45, 7) is 1.96.